The highest BCUT2D eigenvalue weighted by Crippen LogP contribution is 2.35. The van der Waals surface area contributed by atoms with Crippen LogP contribution in [0.25, 0.3) is 10.2 Å². The summed E-state index contributed by atoms with van der Waals surface area (Å²) in [4.78, 5) is 33.9. The summed E-state index contributed by atoms with van der Waals surface area (Å²) in [6.45, 7) is 3.98. The Morgan fingerprint density at radius 2 is 1.89 bits per heavy atom. The molecule has 0 radical (unpaired) electrons. The van der Waals surface area contributed by atoms with Crippen LogP contribution in [0.2, 0.25) is 0 Å². The number of nitrogens with zero attached hydrogens (tertiary/aromatic N) is 2. The fraction of sp³-hybridized carbons (Fsp3) is 0.300. The first-order chi connectivity index (χ1) is 13.6. The van der Waals surface area contributed by atoms with Crippen LogP contribution in [-0.4, -0.2) is 28.5 Å². The molecule has 8 heteroatoms. The van der Waals surface area contributed by atoms with E-state index in [-0.39, 0.29) is 17.8 Å². The van der Waals surface area contributed by atoms with E-state index in [0.717, 1.165) is 40.0 Å². The molecule has 0 spiro atoms. The van der Waals surface area contributed by atoms with Crippen molar-refractivity contribution in [3.05, 3.63) is 41.0 Å². The van der Waals surface area contributed by atoms with Gasteiger partial charge in [0, 0.05) is 17.3 Å². The summed E-state index contributed by atoms with van der Waals surface area (Å²) in [5, 5.41) is 7.00. The Kier molecular flexibility index (Phi) is 4.95. The van der Waals surface area contributed by atoms with Gasteiger partial charge in [0.25, 0.3) is 0 Å². The molecule has 0 unspecified atom stereocenters. The average molecular weight is 396 g/mol. The molecule has 2 aromatic heterocycles. The Hall–Kier alpha value is -3.00. The van der Waals surface area contributed by atoms with Gasteiger partial charge in [-0.25, -0.2) is 14.8 Å². The molecule has 3 aromatic rings. The van der Waals surface area contributed by atoms with Gasteiger partial charge < -0.3 is 15.4 Å². The summed E-state index contributed by atoms with van der Waals surface area (Å²) >= 11 is 1.30. The number of benzene rings is 1. The van der Waals surface area contributed by atoms with Crippen molar-refractivity contribution in [1.82, 2.24) is 9.97 Å². The number of hydrogen-bond donors (Lipinski definition) is 2. The van der Waals surface area contributed by atoms with Crippen LogP contribution in [0.4, 0.5) is 17.2 Å². The number of hydrogen-bond acceptors (Lipinski definition) is 7. The predicted octanol–water partition coefficient (Wildman–Crippen LogP) is 4.27. The normalized spacial score (nSPS) is 13.4. The minimum absolute atomic E-state index is 0.0820. The van der Waals surface area contributed by atoms with Gasteiger partial charge in [-0.3, -0.25) is 4.79 Å². The molecular weight excluding hydrogens is 376 g/mol. The molecule has 1 amide bonds. The van der Waals surface area contributed by atoms with Crippen LogP contribution in [-0.2, 0) is 9.53 Å². The van der Waals surface area contributed by atoms with Crippen LogP contribution < -0.4 is 10.6 Å². The van der Waals surface area contributed by atoms with E-state index in [2.05, 4.69) is 20.6 Å². The van der Waals surface area contributed by atoms with Crippen molar-refractivity contribution in [1.29, 1.82) is 0 Å². The van der Waals surface area contributed by atoms with Gasteiger partial charge in [0.15, 0.2) is 0 Å². The van der Waals surface area contributed by atoms with Crippen LogP contribution in [0, 0.1) is 12.8 Å². The number of aromatic nitrogens is 2. The van der Waals surface area contributed by atoms with Crippen molar-refractivity contribution in [2.75, 3.05) is 17.2 Å². The Balaban J connectivity index is 1.57. The third-order valence-corrected chi connectivity index (χ3v) is 5.73. The molecule has 28 heavy (non-hydrogen) atoms. The molecule has 1 saturated carbocycles. The summed E-state index contributed by atoms with van der Waals surface area (Å²) in [7, 11) is 0. The molecule has 1 aliphatic carbocycles. The average Bonchev–Trinajstić information content (AvgIpc) is 3.48. The van der Waals surface area contributed by atoms with Crippen molar-refractivity contribution in [3.63, 3.8) is 0 Å². The van der Waals surface area contributed by atoms with Crippen LogP contribution in [0.15, 0.2) is 30.6 Å². The zero-order chi connectivity index (χ0) is 19.7. The van der Waals surface area contributed by atoms with Crippen LogP contribution >= 0.6 is 11.3 Å². The number of amides is 1. The summed E-state index contributed by atoms with van der Waals surface area (Å²) in [6, 6.07) is 7.46. The van der Waals surface area contributed by atoms with E-state index < -0.39 is 0 Å². The SMILES string of the molecule is CCOC(=O)c1sc2ncnc(Nc3ccc(NC(=O)C4CC4)cc3)c2c1C. The van der Waals surface area contributed by atoms with Gasteiger partial charge >= 0.3 is 5.97 Å². The summed E-state index contributed by atoms with van der Waals surface area (Å²) in [6.07, 6.45) is 3.42. The second-order valence-corrected chi connectivity index (χ2v) is 7.64. The smallest absolute Gasteiger partial charge is 0.348 e. The predicted molar refractivity (Wildman–Crippen MR) is 109 cm³/mol. The fourth-order valence-electron chi connectivity index (χ4n) is 2.92. The van der Waals surface area contributed by atoms with Gasteiger partial charge in [0.05, 0.1) is 12.0 Å². The Morgan fingerprint density at radius 1 is 1.18 bits per heavy atom. The van der Waals surface area contributed by atoms with Crippen molar-refractivity contribution in [2.45, 2.75) is 26.7 Å². The van der Waals surface area contributed by atoms with Gasteiger partial charge in [-0.15, -0.1) is 11.3 Å². The Morgan fingerprint density at radius 3 is 2.57 bits per heavy atom. The molecule has 7 nitrogen and oxygen atoms in total. The first-order valence-electron chi connectivity index (χ1n) is 9.16. The lowest BCUT2D eigenvalue weighted by Gasteiger charge is -2.09. The molecule has 1 fully saturated rings. The molecule has 0 saturated heterocycles. The zero-order valence-electron chi connectivity index (χ0n) is 15.6. The summed E-state index contributed by atoms with van der Waals surface area (Å²) in [5.41, 5.74) is 2.40. The third kappa shape index (κ3) is 3.68. The highest BCUT2D eigenvalue weighted by molar-refractivity contribution is 7.20. The number of fused-ring (bicyclic) bond motifs is 1. The second-order valence-electron chi connectivity index (χ2n) is 6.64. The number of carbonyl (C=O) groups excluding carboxylic acids is 2. The Labute approximate surface area is 166 Å². The molecule has 0 aliphatic heterocycles. The minimum Gasteiger partial charge on any atom is -0.462 e. The highest BCUT2D eigenvalue weighted by atomic mass is 32.1. The van der Waals surface area contributed by atoms with Gasteiger partial charge in [-0.2, -0.15) is 0 Å². The molecule has 1 aromatic carbocycles. The number of anilines is 3. The molecule has 144 valence electrons. The van der Waals surface area contributed by atoms with Crippen LogP contribution in [0.3, 0.4) is 0 Å². The standard InChI is InChI=1S/C20H20N4O3S/c1-3-27-20(26)16-11(2)15-17(21-10-22-19(15)28-16)23-13-6-8-14(9-7-13)24-18(25)12-4-5-12/h6-10,12H,3-5H2,1-2H3,(H,24,25)(H,21,22,23). The van der Waals surface area contributed by atoms with Crippen LogP contribution in [0.5, 0.6) is 0 Å². The van der Waals surface area contributed by atoms with E-state index in [9.17, 15) is 9.59 Å². The van der Waals surface area contributed by atoms with Gasteiger partial charge in [-0.1, -0.05) is 0 Å². The number of rotatable bonds is 6. The van der Waals surface area contributed by atoms with E-state index in [4.69, 9.17) is 4.74 Å². The molecule has 2 heterocycles. The van der Waals surface area contributed by atoms with E-state index in [1.807, 2.05) is 31.2 Å². The molecule has 1 aliphatic rings. The highest BCUT2D eigenvalue weighted by Gasteiger charge is 2.29. The van der Waals surface area contributed by atoms with Crippen molar-refractivity contribution in [2.24, 2.45) is 5.92 Å². The van der Waals surface area contributed by atoms with Crippen LogP contribution in [0.1, 0.15) is 35.0 Å². The molecule has 0 atom stereocenters. The number of ether oxygens (including phenoxy) is 1. The summed E-state index contributed by atoms with van der Waals surface area (Å²) in [5.74, 6) is 0.537. The first-order valence-corrected chi connectivity index (χ1v) is 9.97. The zero-order valence-corrected chi connectivity index (χ0v) is 16.4. The number of nitrogens with one attached hydrogen (secondary N) is 2. The fourth-order valence-corrected chi connectivity index (χ4v) is 3.96. The monoisotopic (exact) mass is 396 g/mol. The number of esters is 1. The van der Waals surface area contributed by atoms with E-state index >= 15 is 0 Å². The largest absolute Gasteiger partial charge is 0.462 e. The maximum absolute atomic E-state index is 12.2. The lowest BCUT2D eigenvalue weighted by Crippen LogP contribution is -2.13. The number of carbonyl (C=O) groups is 2. The van der Waals surface area contributed by atoms with Crippen molar-refractivity contribution in [3.8, 4) is 0 Å². The maximum atomic E-state index is 12.2. The second kappa shape index (κ2) is 7.55. The third-order valence-electron chi connectivity index (χ3n) is 4.55. The first kappa shape index (κ1) is 18.4. The lowest BCUT2D eigenvalue weighted by atomic mass is 10.2. The quantitative estimate of drug-likeness (QED) is 0.605. The molecule has 2 N–H and O–H groups in total. The molecular formula is C20H20N4O3S. The van der Waals surface area contributed by atoms with Crippen molar-refractivity contribution >= 4 is 50.6 Å². The van der Waals surface area contributed by atoms with Gasteiger partial charge in [-0.05, 0) is 56.5 Å². The molecule has 0 bridgehead atoms. The number of aryl methyl sites for hydroxylation is 1. The summed E-state index contributed by atoms with van der Waals surface area (Å²) < 4.78 is 5.13. The van der Waals surface area contributed by atoms with Gasteiger partial charge in [0.2, 0.25) is 5.91 Å². The van der Waals surface area contributed by atoms with Gasteiger partial charge in [0.1, 0.15) is 21.9 Å². The topological polar surface area (TPSA) is 93.2 Å². The Bertz CT molecular complexity index is 1040. The van der Waals surface area contributed by atoms with E-state index in [1.165, 1.54) is 17.7 Å². The lowest BCUT2D eigenvalue weighted by molar-refractivity contribution is -0.117. The number of thiophene rings is 1. The van der Waals surface area contributed by atoms with E-state index in [1.54, 1.807) is 6.92 Å². The van der Waals surface area contributed by atoms with E-state index in [0.29, 0.717) is 17.3 Å². The minimum atomic E-state index is -0.343. The maximum Gasteiger partial charge on any atom is 0.348 e. The van der Waals surface area contributed by atoms with Crippen molar-refractivity contribution < 1.29 is 14.3 Å². The molecule has 4 rings (SSSR count).